The normalized spacial score (nSPS) is 12.1. The first-order valence-corrected chi connectivity index (χ1v) is 12.0. The van der Waals surface area contributed by atoms with Crippen molar-refractivity contribution in [2.75, 3.05) is 0 Å². The summed E-state index contributed by atoms with van der Waals surface area (Å²) in [5, 5.41) is -0.0547. The number of fused-ring (bicyclic) bond motifs is 1. The lowest BCUT2D eigenvalue weighted by Crippen LogP contribution is -2.31. The fourth-order valence-electron chi connectivity index (χ4n) is 3.81. The van der Waals surface area contributed by atoms with Crippen molar-refractivity contribution in [3.63, 3.8) is 0 Å². The number of ether oxygens (including phenoxy) is 2. The molecule has 4 rings (SSSR count). The lowest BCUT2D eigenvalue weighted by molar-refractivity contribution is -0.275. The van der Waals surface area contributed by atoms with Gasteiger partial charge in [0.1, 0.15) is 10.6 Å². The van der Waals surface area contributed by atoms with Crippen molar-refractivity contribution in [2.45, 2.75) is 39.4 Å². The lowest BCUT2D eigenvalue weighted by Gasteiger charge is -2.15. The van der Waals surface area contributed by atoms with Crippen LogP contribution in [-0.4, -0.2) is 27.9 Å². The highest BCUT2D eigenvalue weighted by molar-refractivity contribution is 7.22. The number of nitrogens with one attached hydrogen (secondary N) is 1. The first kappa shape index (κ1) is 28.0. The van der Waals surface area contributed by atoms with Crippen LogP contribution in [0.15, 0.2) is 52.1 Å². The second kappa shape index (κ2) is 10.2. The molecule has 2 aromatic carbocycles. The number of thiophene rings is 1. The van der Waals surface area contributed by atoms with E-state index in [9.17, 15) is 40.7 Å². The first-order chi connectivity index (χ1) is 18.1. The molecule has 0 aliphatic carbocycles. The Morgan fingerprint density at radius 2 is 1.67 bits per heavy atom. The van der Waals surface area contributed by atoms with Gasteiger partial charge < -0.3 is 9.47 Å². The number of H-pyrrole nitrogens is 1. The van der Waals surface area contributed by atoms with E-state index in [0.29, 0.717) is 5.56 Å². The van der Waals surface area contributed by atoms with Crippen LogP contribution < -0.4 is 20.7 Å². The number of carbonyl (C=O) groups excluding carboxylic acids is 1. The Hall–Kier alpha value is -4.07. The van der Waals surface area contributed by atoms with E-state index in [1.54, 1.807) is 0 Å². The Bertz CT molecular complexity index is 1670. The van der Waals surface area contributed by atoms with E-state index in [1.165, 1.54) is 50.2 Å². The summed E-state index contributed by atoms with van der Waals surface area (Å²) in [7, 11) is 0. The van der Waals surface area contributed by atoms with E-state index in [1.807, 2.05) is 4.98 Å². The average Bonchev–Trinajstić information content (AvgIpc) is 3.16. The molecule has 1 N–H and O–H groups in total. The molecule has 39 heavy (non-hydrogen) atoms. The van der Waals surface area contributed by atoms with E-state index in [4.69, 9.17) is 4.74 Å². The minimum absolute atomic E-state index is 0.0512. The molecular formula is C25H18F6N2O5S. The zero-order valence-corrected chi connectivity index (χ0v) is 20.9. The van der Waals surface area contributed by atoms with Crippen molar-refractivity contribution < 1.29 is 40.6 Å². The second-order valence-electron chi connectivity index (χ2n) is 8.40. The summed E-state index contributed by atoms with van der Waals surface area (Å²) >= 11 is 0.789. The highest BCUT2D eigenvalue weighted by Gasteiger charge is 2.33. The van der Waals surface area contributed by atoms with Crippen LogP contribution in [0.3, 0.4) is 0 Å². The number of ketones is 1. The second-order valence-corrected chi connectivity index (χ2v) is 9.40. The van der Waals surface area contributed by atoms with Crippen molar-refractivity contribution in [3.8, 4) is 27.7 Å². The van der Waals surface area contributed by atoms with Gasteiger partial charge in [-0.2, -0.15) is 13.2 Å². The van der Waals surface area contributed by atoms with Gasteiger partial charge in [0.2, 0.25) is 0 Å². The maximum absolute atomic E-state index is 13.2. The third-order valence-corrected chi connectivity index (χ3v) is 6.97. The predicted molar refractivity (Wildman–Crippen MR) is 131 cm³/mol. The standard InChI is InChI=1S/C25H18F6N2O5S/c1-12-19-21(35)32-23(36)33(10-9-24(26,27)28)22(19)39-20(12)15-5-8-17(18(11-15)38-25(29,30)31)37-16-6-3-14(4-7-16)13(2)34/h3-8,11H,9-10H2,1-2H3,(H,32,35,36). The van der Waals surface area contributed by atoms with Crippen LogP contribution >= 0.6 is 11.3 Å². The van der Waals surface area contributed by atoms with Gasteiger partial charge in [0.15, 0.2) is 17.3 Å². The van der Waals surface area contributed by atoms with Crippen molar-refractivity contribution in [1.29, 1.82) is 0 Å². The molecule has 4 aromatic rings. The number of benzene rings is 2. The van der Waals surface area contributed by atoms with Gasteiger partial charge >= 0.3 is 18.2 Å². The highest BCUT2D eigenvalue weighted by atomic mass is 32.1. The van der Waals surface area contributed by atoms with Crippen molar-refractivity contribution >= 4 is 27.3 Å². The number of aromatic nitrogens is 2. The smallest absolute Gasteiger partial charge is 0.453 e. The number of halogens is 6. The number of carbonyl (C=O) groups is 1. The zero-order chi connectivity index (χ0) is 28.7. The van der Waals surface area contributed by atoms with Crippen LogP contribution in [0, 0.1) is 6.92 Å². The van der Waals surface area contributed by atoms with Gasteiger partial charge in [-0.3, -0.25) is 19.1 Å². The third-order valence-electron chi connectivity index (χ3n) is 5.61. The van der Waals surface area contributed by atoms with Crippen LogP contribution in [0.4, 0.5) is 26.3 Å². The Morgan fingerprint density at radius 1 is 1.00 bits per heavy atom. The molecule has 0 bridgehead atoms. The minimum atomic E-state index is -5.10. The number of nitrogens with zero attached hydrogens (tertiary/aromatic N) is 1. The van der Waals surface area contributed by atoms with Gasteiger partial charge in [-0.15, -0.1) is 24.5 Å². The van der Waals surface area contributed by atoms with E-state index in [-0.39, 0.29) is 43.5 Å². The Morgan fingerprint density at radius 3 is 2.26 bits per heavy atom. The molecule has 0 radical (unpaired) electrons. The van der Waals surface area contributed by atoms with Crippen molar-refractivity contribution in [2.24, 2.45) is 0 Å². The number of hydrogen-bond donors (Lipinski definition) is 1. The SMILES string of the molecule is CC(=O)c1ccc(Oc2ccc(-c3sc4c(c3C)c(=O)[nH]c(=O)n4CCC(F)(F)F)cc2OC(F)(F)F)cc1. The fourth-order valence-corrected chi connectivity index (χ4v) is 5.14. The molecule has 0 saturated heterocycles. The number of Topliss-reactive ketones (excluding diaryl/α,β-unsaturated/α-hetero) is 1. The summed E-state index contributed by atoms with van der Waals surface area (Å²) in [5.41, 5.74) is -1.11. The maximum atomic E-state index is 13.2. The molecule has 0 aliphatic heterocycles. The molecule has 2 heterocycles. The molecule has 0 aliphatic rings. The number of rotatable bonds is 7. The topological polar surface area (TPSA) is 90.4 Å². The molecule has 0 amide bonds. The largest absolute Gasteiger partial charge is 0.573 e. The molecule has 0 unspecified atom stereocenters. The fraction of sp³-hybridized carbons (Fsp3) is 0.240. The molecule has 0 saturated carbocycles. The van der Waals surface area contributed by atoms with Crippen LogP contribution in [-0.2, 0) is 6.54 Å². The molecule has 206 valence electrons. The Balaban J connectivity index is 1.80. The zero-order valence-electron chi connectivity index (χ0n) is 20.1. The van der Waals surface area contributed by atoms with E-state index in [0.717, 1.165) is 22.0 Å². The van der Waals surface area contributed by atoms with E-state index in [2.05, 4.69) is 4.74 Å². The van der Waals surface area contributed by atoms with Crippen LogP contribution in [0.2, 0.25) is 0 Å². The van der Waals surface area contributed by atoms with Crippen LogP contribution in [0.1, 0.15) is 29.3 Å². The molecule has 7 nitrogen and oxygen atoms in total. The number of hydrogen-bond acceptors (Lipinski definition) is 6. The summed E-state index contributed by atoms with van der Waals surface area (Å²) in [4.78, 5) is 38.4. The summed E-state index contributed by atoms with van der Waals surface area (Å²) in [6.45, 7) is 2.06. The quantitative estimate of drug-likeness (QED) is 0.200. The van der Waals surface area contributed by atoms with Gasteiger partial charge in [-0.1, -0.05) is 0 Å². The number of aromatic amines is 1. The van der Waals surface area contributed by atoms with Crippen LogP contribution in [0.5, 0.6) is 17.2 Å². The highest BCUT2D eigenvalue weighted by Crippen LogP contribution is 2.42. The van der Waals surface area contributed by atoms with Gasteiger partial charge in [-0.05, 0) is 67.4 Å². The molecule has 2 aromatic heterocycles. The van der Waals surface area contributed by atoms with Crippen molar-refractivity contribution in [3.05, 3.63) is 74.4 Å². The molecule has 0 atom stereocenters. The molecular weight excluding hydrogens is 554 g/mol. The first-order valence-electron chi connectivity index (χ1n) is 11.1. The van der Waals surface area contributed by atoms with Gasteiger partial charge in [0.05, 0.1) is 11.8 Å². The monoisotopic (exact) mass is 572 g/mol. The summed E-state index contributed by atoms with van der Waals surface area (Å²) in [5.74, 6) is -1.13. The van der Waals surface area contributed by atoms with E-state index < -0.39 is 42.5 Å². The van der Waals surface area contributed by atoms with E-state index >= 15 is 0 Å². The lowest BCUT2D eigenvalue weighted by atomic mass is 10.1. The summed E-state index contributed by atoms with van der Waals surface area (Å²) in [6.07, 6.45) is -11.0. The predicted octanol–water partition coefficient (Wildman–Crippen LogP) is 6.57. The van der Waals surface area contributed by atoms with Gasteiger partial charge in [0.25, 0.3) is 5.56 Å². The Labute approximate surface area is 219 Å². The van der Waals surface area contributed by atoms with Crippen molar-refractivity contribution in [1.82, 2.24) is 9.55 Å². The number of alkyl halides is 6. The molecule has 14 heteroatoms. The molecule has 0 spiro atoms. The summed E-state index contributed by atoms with van der Waals surface area (Å²) < 4.78 is 88.6. The van der Waals surface area contributed by atoms with Gasteiger partial charge in [-0.25, -0.2) is 4.79 Å². The minimum Gasteiger partial charge on any atom is -0.453 e. The Kier molecular flexibility index (Phi) is 7.34. The van der Waals surface area contributed by atoms with Crippen LogP contribution in [0.25, 0.3) is 20.7 Å². The third kappa shape index (κ3) is 6.33. The summed E-state index contributed by atoms with van der Waals surface area (Å²) in [6, 6.07) is 9.25. The maximum Gasteiger partial charge on any atom is 0.573 e. The average molecular weight is 572 g/mol. The molecule has 0 fully saturated rings. The number of aryl methyl sites for hydroxylation is 2. The van der Waals surface area contributed by atoms with Gasteiger partial charge in [0, 0.05) is 17.0 Å².